The van der Waals surface area contributed by atoms with Gasteiger partial charge in [0.05, 0.1) is 60.9 Å². The number of nitrogens with zero attached hydrogens (tertiary/aromatic N) is 6. The molecule has 0 fully saturated rings. The van der Waals surface area contributed by atoms with Crippen molar-refractivity contribution in [1.82, 2.24) is 29.1 Å². The zero-order chi connectivity index (χ0) is 93.1. The number of hydrogen-bond acceptors (Lipinski definition) is 14. The summed E-state index contributed by atoms with van der Waals surface area (Å²) >= 11 is 1.83. The molecule has 8 heterocycles. The van der Waals surface area contributed by atoms with Crippen LogP contribution in [-0.4, -0.2) is 105 Å². The van der Waals surface area contributed by atoms with Crippen LogP contribution < -0.4 is 20.7 Å². The van der Waals surface area contributed by atoms with Gasteiger partial charge in [0.25, 0.3) is 0 Å². The molecule has 0 atom stereocenters. The van der Waals surface area contributed by atoms with Crippen LogP contribution in [0.4, 0.5) is 0 Å². The van der Waals surface area contributed by atoms with Gasteiger partial charge in [-0.3, -0.25) is 19.2 Å². The van der Waals surface area contributed by atoms with Crippen molar-refractivity contribution in [2.45, 2.75) is 147 Å². The van der Waals surface area contributed by atoms with Crippen LogP contribution in [0, 0.1) is 24.3 Å². The molecule has 0 saturated carbocycles. The molecule has 0 aliphatic heterocycles. The third-order valence-electron chi connectivity index (χ3n) is 20.5. The summed E-state index contributed by atoms with van der Waals surface area (Å²) in [4.78, 5) is 58.7. The van der Waals surface area contributed by atoms with Gasteiger partial charge in [0.15, 0.2) is 23.1 Å². The molecule has 0 unspecified atom stereocenters. The van der Waals surface area contributed by atoms with E-state index in [9.17, 15) is 19.2 Å². The molecule has 0 aliphatic rings. The summed E-state index contributed by atoms with van der Waals surface area (Å²) in [6.07, 6.45) is 12.3. The number of furan rings is 1. The van der Waals surface area contributed by atoms with E-state index in [2.05, 4.69) is 329 Å². The van der Waals surface area contributed by atoms with Gasteiger partial charge in [-0.05, 0) is 178 Å². The van der Waals surface area contributed by atoms with E-state index < -0.39 is 32.3 Å². The first-order valence-electron chi connectivity index (χ1n) is 42.6. The first-order valence-corrected chi connectivity index (χ1v) is 57.4. The summed E-state index contributed by atoms with van der Waals surface area (Å²) < 4.78 is 13.2. The summed E-state index contributed by atoms with van der Waals surface area (Å²) in [5.41, 5.74) is 16.3. The van der Waals surface area contributed by atoms with Gasteiger partial charge >= 0.3 is 0 Å². The molecule has 692 valence electrons. The van der Waals surface area contributed by atoms with E-state index in [0.29, 0.717) is 0 Å². The second-order valence-electron chi connectivity index (χ2n) is 35.4. The predicted molar refractivity (Wildman–Crippen MR) is 547 cm³/mol. The molecule has 15 nitrogen and oxygen atoms in total. The molecule has 132 heavy (non-hydrogen) atoms. The maximum atomic E-state index is 10.0. The molecule has 17 rings (SSSR count). The Morgan fingerprint density at radius 3 is 1.20 bits per heavy atom. The number of para-hydroxylation sites is 4. The monoisotopic (exact) mass is 2550 g/mol. The van der Waals surface area contributed by atoms with Crippen molar-refractivity contribution in [3.05, 3.63) is 321 Å². The largest absolute Gasteiger partial charge is 0.512 e. The summed E-state index contributed by atoms with van der Waals surface area (Å²) in [5, 5.41) is 49.1. The van der Waals surface area contributed by atoms with Gasteiger partial charge in [0.2, 0.25) is 0 Å². The normalized spacial score (nSPS) is 11.6. The van der Waals surface area contributed by atoms with E-state index >= 15 is 0 Å². The van der Waals surface area contributed by atoms with Crippen LogP contribution in [0.3, 0.4) is 0 Å². The smallest absolute Gasteiger partial charge is 0.155 e. The molecule has 4 radical (unpaired) electrons. The Hall–Kier alpha value is -10.5. The maximum absolute atomic E-state index is 10.0. The van der Waals surface area contributed by atoms with Gasteiger partial charge in [0, 0.05) is 163 Å². The second-order valence-corrected chi connectivity index (χ2v) is 56.7. The van der Waals surface area contributed by atoms with Crippen LogP contribution in [0.15, 0.2) is 301 Å². The number of hydrogen-bond donors (Lipinski definition) is 4. The molecule has 9 aromatic carbocycles. The molecular formula is C108H114Ir4N6O9SSi4-4. The molecule has 0 bridgehead atoms. The summed E-state index contributed by atoms with van der Waals surface area (Å²) in [6.45, 7) is 42.9. The van der Waals surface area contributed by atoms with Crippen LogP contribution >= 0.6 is 11.3 Å². The summed E-state index contributed by atoms with van der Waals surface area (Å²) in [6, 6.07) is 92.9. The van der Waals surface area contributed by atoms with E-state index in [0.717, 1.165) is 73.5 Å². The van der Waals surface area contributed by atoms with Crippen LogP contribution in [0.25, 0.3) is 136 Å². The number of aryl methyl sites for hydroxylation is 1. The number of benzene rings is 9. The van der Waals surface area contributed by atoms with Crippen molar-refractivity contribution < 1.29 is 124 Å². The Kier molecular flexibility index (Phi) is 41.3. The van der Waals surface area contributed by atoms with Gasteiger partial charge in [-0.1, -0.05) is 236 Å². The molecule has 0 saturated heterocycles. The van der Waals surface area contributed by atoms with Crippen molar-refractivity contribution >= 4 is 173 Å². The minimum atomic E-state index is -1.47. The van der Waals surface area contributed by atoms with Gasteiger partial charge < -0.3 is 53.9 Å². The Bertz CT molecular complexity index is 6890. The number of ketones is 4. The molecule has 17 aromatic rings. The van der Waals surface area contributed by atoms with Crippen LogP contribution in [0.2, 0.25) is 78.6 Å². The molecule has 8 aromatic heterocycles. The van der Waals surface area contributed by atoms with E-state index in [4.69, 9.17) is 34.8 Å². The van der Waals surface area contributed by atoms with Crippen molar-refractivity contribution in [3.8, 4) is 50.7 Å². The number of aliphatic hydroxyl groups is 4. The van der Waals surface area contributed by atoms with Crippen molar-refractivity contribution in [3.63, 3.8) is 0 Å². The Labute approximate surface area is 837 Å². The molecular weight excluding hydrogens is 2440 g/mol. The summed E-state index contributed by atoms with van der Waals surface area (Å²) in [5.74, 6) is -0.250. The maximum Gasteiger partial charge on any atom is 0.155 e. The fourth-order valence-corrected chi connectivity index (χ4v) is 21.1. The van der Waals surface area contributed by atoms with Gasteiger partial charge in [0.1, 0.15) is 5.58 Å². The number of fused-ring (bicyclic) bond motifs is 12. The molecule has 24 heteroatoms. The average Bonchev–Trinajstić information content (AvgIpc) is 1.57. The first kappa shape index (κ1) is 110. The fraction of sp³-hybridized carbons (Fsp3) is 0.204. The van der Waals surface area contributed by atoms with Crippen LogP contribution in [-0.2, 0) is 106 Å². The molecule has 0 amide bonds. The van der Waals surface area contributed by atoms with Gasteiger partial charge in [-0.25, -0.2) is 0 Å². The summed E-state index contributed by atoms with van der Waals surface area (Å²) in [7, 11) is -5.66. The number of thiophene rings is 1. The Morgan fingerprint density at radius 1 is 0.348 bits per heavy atom. The standard InChI is InChI=1S/C26H23N2Si.C22H23N2Si.C20H18NOSi.C20H18NSSi.4C5H8O2.4Ir/c1-29(2,3)21-15-16-27-24(18-21)19-13-14-26-23(17-19)22-11-7-8-12-25(22)28(26)20-9-5-4-6-10-20;1-5-24-19-10-7-6-9-17(19)18-15-16(12-13-20(18)24)22-21(25(2,3)4)11-8-14-23-22;1-23(2,3)15-10-11-21-18(13-15)14-8-9-20-17(12-14)16-6-4-5-7-19(16)22-20;1-23(2,3)19-9-6-12-21-20(19)14-10-11-18-16(13-14)15-7-4-5-8-17(15)22-18;4*1-4(6)3-5(2)7;;;;/h4-12,14-18H,1-3H3;6-11,13-15H,5H2,1-4H3;4-7,9-13H,1-3H3;4-9,11-13H,1-3H3;4*3,6H,1-2H3;;;;/q4*-1;;;;;;;;. The molecule has 0 spiro atoms. The number of carbonyl (C=O) groups is 4. The quantitative estimate of drug-likeness (QED) is 0.0345. The van der Waals surface area contributed by atoms with E-state index in [-0.39, 0.29) is 127 Å². The van der Waals surface area contributed by atoms with E-state index in [1.807, 2.05) is 60.4 Å². The van der Waals surface area contributed by atoms with Crippen molar-refractivity contribution in [1.29, 1.82) is 0 Å². The van der Waals surface area contributed by atoms with Gasteiger partial charge in [-0.15, -0.1) is 95.1 Å². The zero-order valence-corrected chi connectivity index (χ0v) is 92.8. The minimum absolute atomic E-state index is 0. The number of aliphatic hydroxyl groups excluding tert-OH is 4. The SMILES string of the molecule is CC(=O)C=C(C)O.CC(=O)C=C(C)O.CC(=O)C=C(C)O.CC(=O)C=C(C)O.CCn1c2c[c-]c(-c3ncccc3[Si](C)(C)C)cc2c2ccccc21.C[Si](C)(C)c1cccnc1-c1[c-]cc2sc3ccccc3c2c1.C[Si](C)(C)c1ccnc(-c2[c-]cc3c(c2)c2ccccc2n3-c2ccccc2)c1.C[Si](C)(C)c1ccnc(-c2[c-]cc3oc4ccccc4c3c2)c1.[Ir].[Ir].[Ir].[Ir]. The fourth-order valence-electron chi connectivity index (χ4n) is 14.7. The molecule has 4 N–H and O–H groups in total. The second kappa shape index (κ2) is 49.5. The van der Waals surface area contributed by atoms with Crippen LogP contribution in [0.1, 0.15) is 62.3 Å². The minimum Gasteiger partial charge on any atom is -0.512 e. The molecule has 0 aliphatic carbocycles. The predicted octanol–water partition coefficient (Wildman–Crippen LogP) is 26.0. The third-order valence-corrected chi connectivity index (χ3v) is 29.7. The number of aromatic nitrogens is 6. The Morgan fingerprint density at radius 2 is 0.735 bits per heavy atom. The van der Waals surface area contributed by atoms with Crippen LogP contribution in [0.5, 0.6) is 0 Å². The average molecular weight is 2550 g/mol. The van der Waals surface area contributed by atoms with Crippen molar-refractivity contribution in [2.24, 2.45) is 0 Å². The Balaban J connectivity index is 0.000000245. The van der Waals surface area contributed by atoms with Gasteiger partial charge in [-0.2, -0.15) is 11.3 Å². The zero-order valence-electron chi connectivity index (χ0n) is 78.4. The number of allylic oxidation sites excluding steroid dienone is 8. The number of carbonyl (C=O) groups excluding carboxylic acids is 4. The van der Waals surface area contributed by atoms with Crippen molar-refractivity contribution in [2.75, 3.05) is 0 Å². The van der Waals surface area contributed by atoms with E-state index in [1.54, 1.807) is 0 Å². The third kappa shape index (κ3) is 29.8. The first-order chi connectivity index (χ1) is 60.6. The van der Waals surface area contributed by atoms with E-state index in [1.165, 1.54) is 170 Å². The topological polar surface area (TPSA) is 224 Å². The number of rotatable bonds is 14. The number of pyridine rings is 4.